The smallest absolute Gasteiger partial charge is 0.258 e. The van der Waals surface area contributed by atoms with Crippen LogP contribution in [0.1, 0.15) is 33.0 Å². The second-order valence-corrected chi connectivity index (χ2v) is 5.57. The van der Waals surface area contributed by atoms with E-state index in [2.05, 4.69) is 15.6 Å². The molecule has 0 radical (unpaired) electrons. The summed E-state index contributed by atoms with van der Waals surface area (Å²) in [6.45, 7) is 7.61. The molecule has 2 aromatic heterocycles. The van der Waals surface area contributed by atoms with Gasteiger partial charge in [0.2, 0.25) is 5.88 Å². The number of aromatic nitrogens is 3. The van der Waals surface area contributed by atoms with E-state index in [4.69, 9.17) is 4.52 Å². The summed E-state index contributed by atoms with van der Waals surface area (Å²) in [5, 5.41) is 11.0. The Kier molecular flexibility index (Phi) is 3.73. The van der Waals surface area contributed by atoms with Crippen molar-refractivity contribution in [3.63, 3.8) is 0 Å². The molecule has 23 heavy (non-hydrogen) atoms. The van der Waals surface area contributed by atoms with Crippen molar-refractivity contribution in [3.05, 3.63) is 58.5 Å². The van der Waals surface area contributed by atoms with Crippen LogP contribution < -0.4 is 5.32 Å². The highest BCUT2D eigenvalue weighted by Gasteiger charge is 2.14. The summed E-state index contributed by atoms with van der Waals surface area (Å²) in [7, 11) is 0. The molecule has 0 saturated carbocycles. The highest BCUT2D eigenvalue weighted by Crippen LogP contribution is 2.19. The normalized spacial score (nSPS) is 10.8. The summed E-state index contributed by atoms with van der Waals surface area (Å²) in [6, 6.07) is 9.29. The van der Waals surface area contributed by atoms with Crippen LogP contribution in [0.4, 0.5) is 5.88 Å². The lowest BCUT2D eigenvalue weighted by molar-refractivity contribution is 0.102. The van der Waals surface area contributed by atoms with Crippen LogP contribution in [0.15, 0.2) is 34.9 Å². The van der Waals surface area contributed by atoms with E-state index >= 15 is 0 Å². The van der Waals surface area contributed by atoms with Gasteiger partial charge in [0.05, 0.1) is 17.1 Å². The van der Waals surface area contributed by atoms with Crippen LogP contribution in [0, 0.1) is 27.7 Å². The number of aryl methyl sites for hydroxylation is 3. The van der Waals surface area contributed by atoms with Crippen molar-refractivity contribution >= 4 is 11.8 Å². The lowest BCUT2D eigenvalue weighted by atomic mass is 10.2. The molecule has 2 heterocycles. The van der Waals surface area contributed by atoms with Gasteiger partial charge in [-0.25, -0.2) is 4.68 Å². The van der Waals surface area contributed by atoms with E-state index in [9.17, 15) is 4.79 Å². The third kappa shape index (κ3) is 2.88. The molecule has 6 nitrogen and oxygen atoms in total. The number of carbonyl (C=O) groups is 1. The summed E-state index contributed by atoms with van der Waals surface area (Å²) in [5.74, 6) is 0.136. The lowest BCUT2D eigenvalue weighted by Crippen LogP contribution is -2.13. The molecule has 0 aliphatic carbocycles. The highest BCUT2D eigenvalue weighted by molar-refractivity contribution is 6.04. The molecule has 0 fully saturated rings. The average Bonchev–Trinajstić information content (AvgIpc) is 3.03. The maximum absolute atomic E-state index is 12.4. The van der Waals surface area contributed by atoms with Gasteiger partial charge >= 0.3 is 0 Å². The minimum Gasteiger partial charge on any atom is -0.338 e. The molecule has 0 unspecified atom stereocenters. The maximum atomic E-state index is 12.4. The Morgan fingerprint density at radius 1 is 1.17 bits per heavy atom. The Morgan fingerprint density at radius 3 is 2.57 bits per heavy atom. The van der Waals surface area contributed by atoms with Gasteiger partial charge in [-0.3, -0.25) is 10.1 Å². The van der Waals surface area contributed by atoms with Gasteiger partial charge in [-0.1, -0.05) is 11.2 Å². The predicted molar refractivity (Wildman–Crippen MR) is 87.0 cm³/mol. The Labute approximate surface area is 134 Å². The van der Waals surface area contributed by atoms with Gasteiger partial charge in [-0.2, -0.15) is 5.10 Å². The topological polar surface area (TPSA) is 73.0 Å². The average molecular weight is 310 g/mol. The minimum absolute atomic E-state index is 0.243. The Hall–Kier alpha value is -2.89. The molecule has 1 aromatic carbocycles. The van der Waals surface area contributed by atoms with Crippen LogP contribution in [0.5, 0.6) is 0 Å². The van der Waals surface area contributed by atoms with Gasteiger partial charge in [0.15, 0.2) is 0 Å². The van der Waals surface area contributed by atoms with Crippen molar-refractivity contribution in [1.29, 1.82) is 0 Å². The minimum atomic E-state index is -0.243. The zero-order valence-electron chi connectivity index (χ0n) is 13.5. The number of carbonyl (C=O) groups excluding carboxylic acids is 1. The van der Waals surface area contributed by atoms with Crippen LogP contribution in [0.2, 0.25) is 0 Å². The molecule has 1 amide bonds. The molecule has 1 N–H and O–H groups in total. The fraction of sp³-hybridized carbons (Fsp3) is 0.235. The van der Waals surface area contributed by atoms with Gasteiger partial charge in [0.25, 0.3) is 5.91 Å². The fourth-order valence-electron chi connectivity index (χ4n) is 2.38. The van der Waals surface area contributed by atoms with Crippen LogP contribution >= 0.6 is 0 Å². The van der Waals surface area contributed by atoms with Crippen molar-refractivity contribution in [1.82, 2.24) is 14.9 Å². The monoisotopic (exact) mass is 310 g/mol. The number of nitrogens with one attached hydrogen (secondary N) is 1. The van der Waals surface area contributed by atoms with E-state index < -0.39 is 0 Å². The first-order chi connectivity index (χ1) is 11.0. The first-order valence-electron chi connectivity index (χ1n) is 7.33. The largest absolute Gasteiger partial charge is 0.338 e. The number of nitrogens with zero attached hydrogens (tertiary/aromatic N) is 3. The summed E-state index contributed by atoms with van der Waals surface area (Å²) >= 11 is 0. The Balaban J connectivity index is 1.89. The van der Waals surface area contributed by atoms with E-state index in [0.717, 1.165) is 28.3 Å². The van der Waals surface area contributed by atoms with Crippen LogP contribution in [-0.4, -0.2) is 20.8 Å². The van der Waals surface area contributed by atoms with Crippen LogP contribution in [0.25, 0.3) is 5.69 Å². The molecular weight excluding hydrogens is 292 g/mol. The van der Waals surface area contributed by atoms with Crippen molar-refractivity contribution in [2.75, 3.05) is 5.32 Å². The van der Waals surface area contributed by atoms with E-state index in [1.807, 2.05) is 50.6 Å². The Bertz CT molecular complexity index is 877. The van der Waals surface area contributed by atoms with Gasteiger partial charge in [0, 0.05) is 16.8 Å². The molecule has 0 atom stereocenters. The van der Waals surface area contributed by atoms with Crippen molar-refractivity contribution < 1.29 is 9.32 Å². The third-order valence-corrected chi connectivity index (χ3v) is 3.75. The third-order valence-electron chi connectivity index (χ3n) is 3.75. The second kappa shape index (κ2) is 5.72. The lowest BCUT2D eigenvalue weighted by Gasteiger charge is -2.07. The number of hydrogen-bond donors (Lipinski definition) is 1. The zero-order valence-corrected chi connectivity index (χ0v) is 13.5. The molecular formula is C17H18N4O2. The number of rotatable bonds is 3. The van der Waals surface area contributed by atoms with Gasteiger partial charge < -0.3 is 4.52 Å². The molecule has 3 rings (SSSR count). The van der Waals surface area contributed by atoms with Crippen molar-refractivity contribution in [2.45, 2.75) is 27.7 Å². The number of benzene rings is 1. The molecule has 0 saturated heterocycles. The zero-order chi connectivity index (χ0) is 16.6. The first kappa shape index (κ1) is 15.0. The number of hydrogen-bond acceptors (Lipinski definition) is 4. The summed E-state index contributed by atoms with van der Waals surface area (Å²) in [5.41, 5.74) is 4.91. The summed E-state index contributed by atoms with van der Waals surface area (Å²) < 4.78 is 6.94. The summed E-state index contributed by atoms with van der Waals surface area (Å²) in [6.07, 6.45) is 0. The Morgan fingerprint density at radius 2 is 1.96 bits per heavy atom. The van der Waals surface area contributed by atoms with E-state index in [-0.39, 0.29) is 5.91 Å². The summed E-state index contributed by atoms with van der Waals surface area (Å²) in [4.78, 5) is 12.4. The highest BCUT2D eigenvalue weighted by atomic mass is 16.5. The number of anilines is 1. The molecule has 6 heteroatoms. The molecule has 0 bridgehead atoms. The van der Waals surface area contributed by atoms with E-state index in [1.165, 1.54) is 0 Å². The molecule has 0 spiro atoms. The van der Waals surface area contributed by atoms with E-state index in [0.29, 0.717) is 11.4 Å². The molecule has 0 aliphatic rings. The first-order valence-corrected chi connectivity index (χ1v) is 7.33. The van der Waals surface area contributed by atoms with Gasteiger partial charge in [0.1, 0.15) is 0 Å². The molecule has 3 aromatic rings. The maximum Gasteiger partial charge on any atom is 0.258 e. The predicted octanol–water partition coefficient (Wildman–Crippen LogP) is 3.35. The standard InChI is InChI=1S/C17H18N4O2/c1-10-8-11(2)21(19-10)15-7-5-6-14(9-15)16(22)18-17-12(3)13(4)20-23-17/h5-9H,1-4H3,(H,18,22). The van der Waals surface area contributed by atoms with Crippen molar-refractivity contribution in [2.24, 2.45) is 0 Å². The second-order valence-electron chi connectivity index (χ2n) is 5.57. The SMILES string of the molecule is Cc1cc(C)n(-c2cccc(C(=O)Nc3onc(C)c3C)c2)n1. The molecule has 118 valence electrons. The number of amides is 1. The fourth-order valence-corrected chi connectivity index (χ4v) is 2.38. The van der Waals surface area contributed by atoms with Gasteiger partial charge in [-0.15, -0.1) is 0 Å². The quantitative estimate of drug-likeness (QED) is 0.805. The van der Waals surface area contributed by atoms with E-state index in [1.54, 1.807) is 12.1 Å². The van der Waals surface area contributed by atoms with Crippen molar-refractivity contribution in [3.8, 4) is 5.69 Å². The molecule has 0 aliphatic heterocycles. The van der Waals surface area contributed by atoms with Gasteiger partial charge in [-0.05, 0) is 52.0 Å². The van der Waals surface area contributed by atoms with Crippen LogP contribution in [-0.2, 0) is 0 Å². The van der Waals surface area contributed by atoms with Crippen LogP contribution in [0.3, 0.4) is 0 Å².